The van der Waals surface area contributed by atoms with Crippen LogP contribution >= 0.6 is 15.9 Å². The van der Waals surface area contributed by atoms with Gasteiger partial charge in [0.15, 0.2) is 0 Å². The number of benzene rings is 1. The van der Waals surface area contributed by atoms with Crippen molar-refractivity contribution in [2.45, 2.75) is 31.8 Å². The van der Waals surface area contributed by atoms with Crippen LogP contribution in [0.3, 0.4) is 0 Å². The molecule has 0 aromatic heterocycles. The summed E-state index contributed by atoms with van der Waals surface area (Å²) in [5.74, 6) is -0.582. The first-order chi connectivity index (χ1) is 8.97. The molecule has 3 N–H and O–H groups in total. The van der Waals surface area contributed by atoms with E-state index in [1.165, 1.54) is 6.07 Å². The number of nitrogens with one attached hydrogen (secondary N) is 2. The second-order valence-electron chi connectivity index (χ2n) is 4.64. The van der Waals surface area contributed by atoms with Crippen molar-refractivity contribution in [3.05, 3.63) is 28.2 Å². The molecule has 1 aliphatic carbocycles. The van der Waals surface area contributed by atoms with Crippen LogP contribution in [0.4, 0.5) is 0 Å². The minimum atomic E-state index is -0.598. The lowest BCUT2D eigenvalue weighted by Crippen LogP contribution is -2.45. The maximum atomic E-state index is 11.9. The molecule has 1 aromatic carbocycles. The molecule has 5 nitrogen and oxygen atoms in total. The van der Waals surface area contributed by atoms with Gasteiger partial charge in [-0.2, -0.15) is 0 Å². The van der Waals surface area contributed by atoms with Crippen LogP contribution in [0.5, 0.6) is 5.75 Å². The van der Waals surface area contributed by atoms with E-state index in [0.29, 0.717) is 10.0 Å². The molecule has 1 unspecified atom stereocenters. The van der Waals surface area contributed by atoms with Crippen LogP contribution in [0.2, 0.25) is 0 Å². The van der Waals surface area contributed by atoms with E-state index in [0.717, 1.165) is 12.8 Å². The largest absolute Gasteiger partial charge is 0.507 e. The van der Waals surface area contributed by atoms with E-state index >= 15 is 0 Å². The average Bonchev–Trinajstić information content (AvgIpc) is 3.16. The number of aromatic hydroxyl groups is 1. The molecule has 6 heteroatoms. The molecule has 1 saturated carbocycles. The number of hydrogen-bond donors (Lipinski definition) is 3. The normalized spacial score (nSPS) is 15.7. The number of halogens is 1. The van der Waals surface area contributed by atoms with Crippen molar-refractivity contribution in [2.24, 2.45) is 0 Å². The molecule has 2 amide bonds. The summed E-state index contributed by atoms with van der Waals surface area (Å²) in [6.07, 6.45) is 2.01. The number of hydrogen-bond acceptors (Lipinski definition) is 3. The highest BCUT2D eigenvalue weighted by Gasteiger charge is 2.26. The Hall–Kier alpha value is -1.56. The SMILES string of the molecule is CC(NC(=O)c1ccc(Br)c(O)c1)C(=O)NC1CC1. The van der Waals surface area contributed by atoms with Crippen LogP contribution < -0.4 is 10.6 Å². The minimum absolute atomic E-state index is 0.0114. The molecule has 1 aliphatic rings. The fourth-order valence-electron chi connectivity index (χ4n) is 1.55. The molecule has 0 heterocycles. The van der Waals surface area contributed by atoms with Crippen molar-refractivity contribution in [3.63, 3.8) is 0 Å². The van der Waals surface area contributed by atoms with Crippen LogP contribution in [0.25, 0.3) is 0 Å². The highest BCUT2D eigenvalue weighted by Crippen LogP contribution is 2.24. The number of phenols is 1. The molecule has 0 bridgehead atoms. The van der Waals surface area contributed by atoms with Gasteiger partial charge in [-0.15, -0.1) is 0 Å². The molecule has 19 heavy (non-hydrogen) atoms. The van der Waals surface area contributed by atoms with Gasteiger partial charge in [0.25, 0.3) is 5.91 Å². The van der Waals surface area contributed by atoms with Gasteiger partial charge in [-0.1, -0.05) is 0 Å². The van der Waals surface area contributed by atoms with Gasteiger partial charge in [0.2, 0.25) is 5.91 Å². The molecular weight excluding hydrogens is 312 g/mol. The van der Waals surface area contributed by atoms with E-state index in [-0.39, 0.29) is 23.6 Å². The van der Waals surface area contributed by atoms with E-state index in [4.69, 9.17) is 0 Å². The van der Waals surface area contributed by atoms with Gasteiger partial charge < -0.3 is 15.7 Å². The fourth-order valence-corrected chi connectivity index (χ4v) is 1.80. The zero-order valence-electron chi connectivity index (χ0n) is 10.4. The third-order valence-corrected chi connectivity index (χ3v) is 3.54. The first-order valence-corrected chi connectivity index (χ1v) is 6.86. The molecule has 1 aromatic rings. The molecule has 0 saturated heterocycles. The average molecular weight is 327 g/mol. The lowest BCUT2D eigenvalue weighted by molar-refractivity contribution is -0.122. The van der Waals surface area contributed by atoms with Crippen LogP contribution in [0.1, 0.15) is 30.1 Å². The van der Waals surface area contributed by atoms with Crippen molar-refractivity contribution in [3.8, 4) is 5.75 Å². The first kappa shape index (κ1) is 13.9. The molecular formula is C13H15BrN2O3. The van der Waals surface area contributed by atoms with Crippen LogP contribution in [-0.4, -0.2) is 29.0 Å². The predicted octanol–water partition coefficient (Wildman–Crippen LogP) is 1.55. The molecule has 1 atom stereocenters. The van der Waals surface area contributed by atoms with Gasteiger partial charge in [0.1, 0.15) is 11.8 Å². The van der Waals surface area contributed by atoms with Crippen molar-refractivity contribution in [1.29, 1.82) is 0 Å². The number of amides is 2. The summed E-state index contributed by atoms with van der Waals surface area (Å²) in [5.41, 5.74) is 0.312. The number of phenolic OH excluding ortho intramolecular Hbond substituents is 1. The molecule has 0 spiro atoms. The lowest BCUT2D eigenvalue weighted by atomic mass is 10.2. The monoisotopic (exact) mass is 326 g/mol. The first-order valence-electron chi connectivity index (χ1n) is 6.07. The third-order valence-electron chi connectivity index (χ3n) is 2.87. The predicted molar refractivity (Wildman–Crippen MR) is 73.9 cm³/mol. The maximum absolute atomic E-state index is 11.9. The molecule has 0 aliphatic heterocycles. The van der Waals surface area contributed by atoms with Crippen LogP contribution in [0.15, 0.2) is 22.7 Å². The van der Waals surface area contributed by atoms with Crippen molar-refractivity contribution < 1.29 is 14.7 Å². The standard InChI is InChI=1S/C13H15BrN2O3/c1-7(12(18)16-9-3-4-9)15-13(19)8-2-5-10(14)11(17)6-8/h2,5-7,9,17H,3-4H2,1H3,(H,15,19)(H,16,18). The Kier molecular flexibility index (Phi) is 4.09. The van der Waals surface area contributed by atoms with Crippen molar-refractivity contribution >= 4 is 27.7 Å². The minimum Gasteiger partial charge on any atom is -0.507 e. The molecule has 1 fully saturated rings. The van der Waals surface area contributed by atoms with E-state index in [9.17, 15) is 14.7 Å². The van der Waals surface area contributed by atoms with Gasteiger partial charge in [-0.3, -0.25) is 9.59 Å². The number of rotatable bonds is 4. The number of carbonyl (C=O) groups is 2. The fraction of sp³-hybridized carbons (Fsp3) is 0.385. The van der Waals surface area contributed by atoms with Crippen molar-refractivity contribution in [1.82, 2.24) is 10.6 Å². The Morgan fingerprint density at radius 1 is 1.42 bits per heavy atom. The smallest absolute Gasteiger partial charge is 0.252 e. The van der Waals surface area contributed by atoms with Crippen LogP contribution in [0, 0.1) is 0 Å². The van der Waals surface area contributed by atoms with E-state index in [1.807, 2.05) is 0 Å². The summed E-state index contributed by atoms with van der Waals surface area (Å²) in [4.78, 5) is 23.6. The van der Waals surface area contributed by atoms with E-state index < -0.39 is 6.04 Å². The van der Waals surface area contributed by atoms with Gasteiger partial charge in [-0.25, -0.2) is 0 Å². The van der Waals surface area contributed by atoms with Crippen LogP contribution in [-0.2, 0) is 4.79 Å². The Balaban J connectivity index is 1.95. The summed E-state index contributed by atoms with van der Waals surface area (Å²) in [5, 5.41) is 14.9. The molecule has 102 valence electrons. The van der Waals surface area contributed by atoms with Crippen molar-refractivity contribution in [2.75, 3.05) is 0 Å². The Bertz CT molecular complexity index is 515. The quantitative estimate of drug-likeness (QED) is 0.785. The van der Waals surface area contributed by atoms with Gasteiger partial charge in [0.05, 0.1) is 4.47 Å². The number of carbonyl (C=O) groups excluding carboxylic acids is 2. The van der Waals surface area contributed by atoms with Gasteiger partial charge in [0, 0.05) is 11.6 Å². The molecule has 2 rings (SSSR count). The van der Waals surface area contributed by atoms with Gasteiger partial charge in [-0.05, 0) is 53.9 Å². The maximum Gasteiger partial charge on any atom is 0.252 e. The Labute approximate surface area is 119 Å². The summed E-state index contributed by atoms with van der Waals surface area (Å²) >= 11 is 3.14. The summed E-state index contributed by atoms with van der Waals surface area (Å²) in [6.45, 7) is 1.63. The summed E-state index contributed by atoms with van der Waals surface area (Å²) in [6, 6.07) is 4.18. The van der Waals surface area contributed by atoms with E-state index in [2.05, 4.69) is 26.6 Å². The second kappa shape index (κ2) is 5.61. The zero-order valence-corrected chi connectivity index (χ0v) is 12.0. The zero-order chi connectivity index (χ0) is 14.0. The van der Waals surface area contributed by atoms with E-state index in [1.54, 1.807) is 19.1 Å². The van der Waals surface area contributed by atoms with Gasteiger partial charge >= 0.3 is 0 Å². The summed E-state index contributed by atoms with van der Waals surface area (Å²) < 4.78 is 0.517. The highest BCUT2D eigenvalue weighted by atomic mass is 79.9. The summed E-state index contributed by atoms with van der Waals surface area (Å²) in [7, 11) is 0. The second-order valence-corrected chi connectivity index (χ2v) is 5.50. The topological polar surface area (TPSA) is 78.4 Å². The Morgan fingerprint density at radius 3 is 2.68 bits per heavy atom. The lowest BCUT2D eigenvalue weighted by Gasteiger charge is -2.14. The third kappa shape index (κ3) is 3.70. The molecule has 0 radical (unpaired) electrons. The Morgan fingerprint density at radius 2 is 2.11 bits per heavy atom. The highest BCUT2D eigenvalue weighted by molar-refractivity contribution is 9.10.